The highest BCUT2D eigenvalue weighted by Crippen LogP contribution is 2.27. The minimum Gasteiger partial charge on any atom is -0.329 e. The molecule has 0 saturated carbocycles. The first kappa shape index (κ1) is 19.9. The fraction of sp³-hybridized carbons (Fsp3) is 0.316. The van der Waals surface area contributed by atoms with Gasteiger partial charge in [-0.1, -0.05) is 36.4 Å². The summed E-state index contributed by atoms with van der Waals surface area (Å²) in [6, 6.07) is 5.31. The lowest BCUT2D eigenvalue weighted by atomic mass is 10.0. The van der Waals surface area contributed by atoms with E-state index in [1.807, 2.05) is 26.0 Å². The van der Waals surface area contributed by atoms with Gasteiger partial charge in [0.2, 0.25) is 0 Å². The average molecular weight is 403 g/mol. The quantitative estimate of drug-likeness (QED) is 0.656. The van der Waals surface area contributed by atoms with Gasteiger partial charge in [-0.15, -0.1) is 5.10 Å². The summed E-state index contributed by atoms with van der Waals surface area (Å²) in [6.45, 7) is 4.12. The zero-order chi connectivity index (χ0) is 19.1. The van der Waals surface area contributed by atoms with Crippen LogP contribution in [0.15, 0.2) is 30.6 Å². The second-order valence-electron chi connectivity index (χ2n) is 6.52. The molecule has 146 valence electrons. The molecule has 9 heteroatoms. The minimum atomic E-state index is -0.520. The smallest absolute Gasteiger partial charge is 0.255 e. The van der Waals surface area contributed by atoms with Gasteiger partial charge in [0, 0.05) is 12.5 Å². The van der Waals surface area contributed by atoms with Crippen molar-refractivity contribution in [2.24, 2.45) is 0 Å². The number of amides is 1. The Kier molecular flexibility index (Phi) is 5.42. The lowest BCUT2D eigenvalue weighted by Gasteiger charge is -2.33. The monoisotopic (exact) mass is 402 g/mol. The molecule has 1 aliphatic rings. The Hall–Kier alpha value is -2.87. The van der Waals surface area contributed by atoms with E-state index < -0.39 is 5.82 Å². The number of aromatic nitrogens is 5. The molecule has 4 rings (SSSR count). The third kappa shape index (κ3) is 3.35. The number of carbonyl (C=O) groups excluding carboxylic acids is 1. The van der Waals surface area contributed by atoms with E-state index in [1.54, 1.807) is 11.0 Å². The Morgan fingerprint density at radius 1 is 1.29 bits per heavy atom. The number of carbonyl (C=O) groups is 1. The average Bonchev–Trinajstić information content (AvgIpc) is 3.06. The van der Waals surface area contributed by atoms with Crippen LogP contribution in [0.4, 0.5) is 4.39 Å². The number of hydrogen-bond donors (Lipinski definition) is 0. The summed E-state index contributed by atoms with van der Waals surface area (Å²) in [5, 5.41) is 8.72. The van der Waals surface area contributed by atoms with E-state index in [1.165, 1.54) is 4.68 Å². The number of rotatable bonds is 2. The largest absolute Gasteiger partial charge is 0.329 e. The third-order valence-electron chi connectivity index (χ3n) is 4.66. The number of fused-ring (bicyclic) bond motifs is 1. The molecular formula is C19H20ClFN6O. The molecular weight excluding hydrogens is 383 g/mol. The first-order valence-corrected chi connectivity index (χ1v) is 8.81. The van der Waals surface area contributed by atoms with Gasteiger partial charge in [0.25, 0.3) is 11.9 Å². The van der Waals surface area contributed by atoms with Crippen molar-refractivity contribution >= 4 is 17.5 Å². The van der Waals surface area contributed by atoms with Gasteiger partial charge in [0.1, 0.15) is 5.69 Å². The molecule has 3 heterocycles. The molecule has 28 heavy (non-hydrogen) atoms. The molecule has 1 amide bonds. The zero-order valence-electron chi connectivity index (χ0n) is 14.7. The first-order chi connectivity index (χ1) is 13.0. The van der Waals surface area contributed by atoms with Crippen LogP contribution in [0.3, 0.4) is 0 Å². The molecule has 0 aliphatic carbocycles. The highest BCUT2D eigenvalue weighted by atomic mass is 35.5. The Morgan fingerprint density at radius 3 is 2.71 bits per heavy atom. The predicted molar refractivity (Wildman–Crippen MR) is 103 cm³/mol. The van der Waals surface area contributed by atoms with Crippen molar-refractivity contribution < 1.29 is 9.18 Å². The van der Waals surface area contributed by atoms with Crippen LogP contribution < -0.4 is 0 Å². The normalized spacial score (nSPS) is 15.7. The lowest BCUT2D eigenvalue weighted by molar-refractivity contribution is 0.0653. The van der Waals surface area contributed by atoms with Crippen molar-refractivity contribution in [3.63, 3.8) is 0 Å². The number of benzene rings is 1. The van der Waals surface area contributed by atoms with E-state index in [-0.39, 0.29) is 25.3 Å². The molecule has 0 spiro atoms. The summed E-state index contributed by atoms with van der Waals surface area (Å²) in [5.41, 5.74) is 2.81. The number of nitrogens with zero attached hydrogens (tertiary/aromatic N) is 6. The number of hydrogen-bond acceptors (Lipinski definition) is 5. The summed E-state index contributed by atoms with van der Waals surface area (Å²) in [5.74, 6) is -0.416. The van der Waals surface area contributed by atoms with Crippen molar-refractivity contribution in [1.29, 1.82) is 0 Å². The van der Waals surface area contributed by atoms with Gasteiger partial charge in [-0.3, -0.25) is 4.79 Å². The summed E-state index contributed by atoms with van der Waals surface area (Å²) < 4.78 is 14.6. The maximum absolute atomic E-state index is 13.1. The van der Waals surface area contributed by atoms with Crippen LogP contribution in [-0.2, 0) is 13.0 Å². The van der Waals surface area contributed by atoms with Gasteiger partial charge >= 0.3 is 0 Å². The Morgan fingerprint density at radius 2 is 2.00 bits per heavy atom. The molecule has 0 unspecified atom stereocenters. The topological polar surface area (TPSA) is 76.8 Å². The molecule has 0 bridgehead atoms. The first-order valence-electron chi connectivity index (χ1n) is 8.43. The van der Waals surface area contributed by atoms with E-state index >= 15 is 0 Å². The van der Waals surface area contributed by atoms with Crippen molar-refractivity contribution in [1.82, 2.24) is 29.9 Å². The molecule has 1 aliphatic heterocycles. The zero-order valence-corrected chi connectivity index (χ0v) is 15.5. The van der Waals surface area contributed by atoms with Gasteiger partial charge in [0.15, 0.2) is 5.82 Å². The van der Waals surface area contributed by atoms with Crippen LogP contribution in [-0.4, -0.2) is 41.8 Å². The van der Waals surface area contributed by atoms with Gasteiger partial charge in [-0.05, 0) is 25.5 Å². The van der Waals surface area contributed by atoms with E-state index in [4.69, 9.17) is 11.6 Å². The molecule has 0 N–H and O–H groups in total. The van der Waals surface area contributed by atoms with Gasteiger partial charge in [-0.2, -0.15) is 4.68 Å². The maximum Gasteiger partial charge on any atom is 0.255 e. The maximum atomic E-state index is 13.1. The van der Waals surface area contributed by atoms with Crippen LogP contribution in [0.1, 0.15) is 41.7 Å². The van der Waals surface area contributed by atoms with Crippen molar-refractivity contribution in [2.45, 2.75) is 40.3 Å². The highest BCUT2D eigenvalue weighted by molar-refractivity contribution is 6.34. The van der Waals surface area contributed by atoms with Crippen LogP contribution in [0.5, 0.6) is 0 Å². The molecule has 0 radical (unpaired) electrons. The lowest BCUT2D eigenvalue weighted by Crippen LogP contribution is -2.43. The third-order valence-corrected chi connectivity index (χ3v) is 5.17. The predicted octanol–water partition coefficient (Wildman–Crippen LogP) is 3.38. The second kappa shape index (κ2) is 7.63. The van der Waals surface area contributed by atoms with Crippen molar-refractivity contribution in [3.8, 4) is 5.95 Å². The molecule has 2 aromatic heterocycles. The van der Waals surface area contributed by atoms with Crippen molar-refractivity contribution in [2.75, 3.05) is 0 Å². The van der Waals surface area contributed by atoms with Crippen molar-refractivity contribution in [3.05, 3.63) is 63.9 Å². The highest BCUT2D eigenvalue weighted by Gasteiger charge is 2.32. The van der Waals surface area contributed by atoms with E-state index in [0.717, 1.165) is 23.7 Å². The minimum absolute atomic E-state index is 0. The molecule has 0 fully saturated rings. The molecule has 1 atom stereocenters. The fourth-order valence-electron chi connectivity index (χ4n) is 3.18. The van der Waals surface area contributed by atoms with Gasteiger partial charge < -0.3 is 4.90 Å². The SMILES string of the molecule is C.Cc1cccc(C(=O)N2Cc3nnn(-c4ncc(F)cn4)c3C[C@H]2C)c1Cl. The van der Waals surface area contributed by atoms with E-state index in [9.17, 15) is 9.18 Å². The number of aryl methyl sites for hydroxylation is 1. The summed E-state index contributed by atoms with van der Waals surface area (Å²) in [6.07, 6.45) is 2.69. The Balaban J connectivity index is 0.00000225. The summed E-state index contributed by atoms with van der Waals surface area (Å²) in [7, 11) is 0. The van der Waals surface area contributed by atoms with E-state index in [0.29, 0.717) is 29.2 Å². The summed E-state index contributed by atoms with van der Waals surface area (Å²) >= 11 is 6.33. The van der Waals surface area contributed by atoms with Crippen LogP contribution in [0.25, 0.3) is 5.95 Å². The van der Waals surface area contributed by atoms with Crippen LogP contribution >= 0.6 is 11.6 Å². The Labute approximate surface area is 167 Å². The molecule has 0 saturated heterocycles. The van der Waals surface area contributed by atoms with Crippen LogP contribution in [0.2, 0.25) is 5.02 Å². The Bertz CT molecular complexity index is 1020. The second-order valence-corrected chi connectivity index (χ2v) is 6.90. The summed E-state index contributed by atoms with van der Waals surface area (Å²) in [4.78, 5) is 22.7. The fourth-order valence-corrected chi connectivity index (χ4v) is 3.39. The molecule has 7 nitrogen and oxygen atoms in total. The van der Waals surface area contributed by atoms with Gasteiger partial charge in [-0.25, -0.2) is 14.4 Å². The number of halogens is 2. The van der Waals surface area contributed by atoms with Gasteiger partial charge in [0.05, 0.1) is 35.2 Å². The molecule has 3 aromatic rings. The van der Waals surface area contributed by atoms with Crippen LogP contribution in [0, 0.1) is 12.7 Å². The molecule has 1 aromatic carbocycles. The van der Waals surface area contributed by atoms with E-state index in [2.05, 4.69) is 20.3 Å². The standard InChI is InChI=1S/C18H16ClFN6O.CH4/c1-10-4-3-5-13(16(10)19)17(27)25-9-14-15(6-11(25)2)26(24-23-14)18-21-7-12(20)8-22-18;/h3-5,7-8,11H,6,9H2,1-2H3;1H4/t11-;/m1./s1.